The van der Waals surface area contributed by atoms with E-state index < -0.39 is 23.4 Å². The number of rotatable bonds is 4. The predicted octanol–water partition coefficient (Wildman–Crippen LogP) is 3.06. The minimum Gasteiger partial charge on any atom is -0.305 e. The lowest BCUT2D eigenvalue weighted by molar-refractivity contribution is -0.138. The molecule has 2 heterocycles. The maximum Gasteiger partial charge on any atom is 0.417 e. The molecule has 0 unspecified atom stereocenters. The van der Waals surface area contributed by atoms with E-state index in [1.54, 1.807) is 0 Å². The molecule has 3 nitrogen and oxygen atoms in total. The smallest absolute Gasteiger partial charge is 0.305 e. The Kier molecular flexibility index (Phi) is 4.46. The summed E-state index contributed by atoms with van der Waals surface area (Å²) in [4.78, 5) is 7.20. The highest BCUT2D eigenvalue weighted by atomic mass is 19.4. The van der Waals surface area contributed by atoms with Crippen molar-refractivity contribution in [3.8, 4) is 0 Å². The summed E-state index contributed by atoms with van der Waals surface area (Å²) in [7, 11) is 0. The molecule has 8 heteroatoms. The largest absolute Gasteiger partial charge is 0.417 e. The van der Waals surface area contributed by atoms with Gasteiger partial charge in [-0.2, -0.15) is 13.2 Å². The van der Waals surface area contributed by atoms with E-state index in [1.807, 2.05) is 0 Å². The second kappa shape index (κ2) is 6.13. The fourth-order valence-corrected chi connectivity index (χ4v) is 1.60. The summed E-state index contributed by atoms with van der Waals surface area (Å²) in [6.07, 6.45) is -2.69. The van der Waals surface area contributed by atoms with Crippen LogP contribution in [0.4, 0.5) is 22.0 Å². The van der Waals surface area contributed by atoms with Gasteiger partial charge in [-0.05, 0) is 18.2 Å². The van der Waals surface area contributed by atoms with Gasteiger partial charge in [0.05, 0.1) is 17.0 Å². The van der Waals surface area contributed by atoms with Crippen LogP contribution >= 0.6 is 0 Å². The molecule has 0 fully saturated rings. The summed E-state index contributed by atoms with van der Waals surface area (Å²) < 4.78 is 63.8. The highest BCUT2D eigenvalue weighted by Gasteiger charge is 2.31. The van der Waals surface area contributed by atoms with Crippen LogP contribution in [0.15, 0.2) is 30.6 Å². The predicted molar refractivity (Wildman–Crippen MR) is 63.9 cm³/mol. The number of halogens is 5. The lowest BCUT2D eigenvalue weighted by Crippen LogP contribution is -2.17. The number of nitrogens with one attached hydrogen (secondary N) is 1. The zero-order chi connectivity index (χ0) is 15.5. The summed E-state index contributed by atoms with van der Waals surface area (Å²) in [6, 6.07) is 3.03. The summed E-state index contributed by atoms with van der Waals surface area (Å²) in [5, 5.41) is 2.67. The van der Waals surface area contributed by atoms with Gasteiger partial charge in [0.25, 0.3) is 0 Å². The van der Waals surface area contributed by atoms with Crippen molar-refractivity contribution in [1.82, 2.24) is 15.3 Å². The Labute approximate surface area is 116 Å². The monoisotopic (exact) mass is 303 g/mol. The van der Waals surface area contributed by atoms with Crippen LogP contribution in [0.1, 0.15) is 17.0 Å². The van der Waals surface area contributed by atoms with Gasteiger partial charge >= 0.3 is 6.18 Å². The van der Waals surface area contributed by atoms with Crippen LogP contribution < -0.4 is 5.32 Å². The molecule has 0 saturated heterocycles. The second-order valence-corrected chi connectivity index (χ2v) is 4.19. The average Bonchev–Trinajstić information content (AvgIpc) is 2.41. The molecule has 0 aliphatic heterocycles. The first-order valence-corrected chi connectivity index (χ1v) is 5.89. The molecular weight excluding hydrogens is 293 g/mol. The first-order valence-electron chi connectivity index (χ1n) is 5.89. The van der Waals surface area contributed by atoms with Crippen LogP contribution in [0.25, 0.3) is 0 Å². The molecule has 0 aliphatic rings. The van der Waals surface area contributed by atoms with Crippen molar-refractivity contribution in [2.75, 3.05) is 0 Å². The third-order valence-electron chi connectivity index (χ3n) is 2.66. The molecule has 0 aromatic carbocycles. The summed E-state index contributed by atoms with van der Waals surface area (Å²) in [5.74, 6) is -1.59. The normalized spacial score (nSPS) is 11.7. The molecule has 0 saturated carbocycles. The van der Waals surface area contributed by atoms with Crippen molar-refractivity contribution in [1.29, 1.82) is 0 Å². The van der Waals surface area contributed by atoms with Crippen LogP contribution in [-0.2, 0) is 19.3 Å². The molecule has 0 amide bonds. The van der Waals surface area contributed by atoms with Crippen molar-refractivity contribution < 1.29 is 22.0 Å². The fourth-order valence-electron chi connectivity index (χ4n) is 1.60. The van der Waals surface area contributed by atoms with Gasteiger partial charge in [-0.1, -0.05) is 0 Å². The van der Waals surface area contributed by atoms with E-state index in [1.165, 1.54) is 18.3 Å². The van der Waals surface area contributed by atoms with E-state index in [9.17, 15) is 22.0 Å². The Balaban J connectivity index is 2.00. The number of aromatic nitrogens is 2. The third kappa shape index (κ3) is 3.94. The molecule has 0 spiro atoms. The van der Waals surface area contributed by atoms with Gasteiger partial charge in [0.2, 0.25) is 0 Å². The van der Waals surface area contributed by atoms with Crippen molar-refractivity contribution >= 4 is 0 Å². The Hall–Kier alpha value is -2.09. The Bertz CT molecular complexity index is 627. The van der Waals surface area contributed by atoms with Crippen molar-refractivity contribution in [3.63, 3.8) is 0 Å². The molecule has 21 heavy (non-hydrogen) atoms. The molecule has 2 aromatic heterocycles. The molecule has 2 aromatic rings. The van der Waals surface area contributed by atoms with E-state index in [-0.39, 0.29) is 24.5 Å². The second-order valence-electron chi connectivity index (χ2n) is 4.19. The standard InChI is InChI=1S/C13H10F5N3/c14-9-2-1-3-20-11(9)6-19-7-12-10(15)4-8(5-21-12)13(16,17)18/h1-5,19H,6-7H2. The minimum absolute atomic E-state index is 0.00875. The quantitative estimate of drug-likeness (QED) is 0.882. The van der Waals surface area contributed by atoms with E-state index in [4.69, 9.17) is 0 Å². The van der Waals surface area contributed by atoms with Crippen LogP contribution in [0, 0.1) is 11.6 Å². The maximum atomic E-state index is 13.5. The third-order valence-corrected chi connectivity index (χ3v) is 2.66. The van der Waals surface area contributed by atoms with Gasteiger partial charge in [-0.3, -0.25) is 9.97 Å². The number of hydrogen-bond acceptors (Lipinski definition) is 3. The molecular formula is C13H10F5N3. The zero-order valence-corrected chi connectivity index (χ0v) is 10.6. The first-order chi connectivity index (χ1) is 9.88. The van der Waals surface area contributed by atoms with E-state index in [0.29, 0.717) is 12.3 Å². The SMILES string of the molecule is Fc1cccnc1CNCc1ncc(C(F)(F)F)cc1F. The molecule has 0 bridgehead atoms. The highest BCUT2D eigenvalue weighted by Crippen LogP contribution is 2.29. The lowest BCUT2D eigenvalue weighted by Gasteiger charge is -2.09. The topological polar surface area (TPSA) is 37.8 Å². The van der Waals surface area contributed by atoms with Gasteiger partial charge in [0, 0.05) is 25.5 Å². The summed E-state index contributed by atoms with van der Waals surface area (Å²) >= 11 is 0. The number of pyridine rings is 2. The van der Waals surface area contributed by atoms with Gasteiger partial charge in [-0.25, -0.2) is 8.78 Å². The number of hydrogen-bond donors (Lipinski definition) is 1. The Morgan fingerprint density at radius 2 is 1.67 bits per heavy atom. The van der Waals surface area contributed by atoms with Crippen molar-refractivity contribution in [3.05, 3.63) is 59.2 Å². The number of nitrogens with zero attached hydrogens (tertiary/aromatic N) is 2. The van der Waals surface area contributed by atoms with Gasteiger partial charge in [0.1, 0.15) is 11.6 Å². The van der Waals surface area contributed by atoms with E-state index in [0.717, 1.165) is 0 Å². The maximum absolute atomic E-state index is 13.5. The van der Waals surface area contributed by atoms with Gasteiger partial charge < -0.3 is 5.32 Å². The van der Waals surface area contributed by atoms with Gasteiger partial charge in [-0.15, -0.1) is 0 Å². The van der Waals surface area contributed by atoms with Crippen LogP contribution in [0.3, 0.4) is 0 Å². The molecule has 1 N–H and O–H groups in total. The van der Waals surface area contributed by atoms with Crippen molar-refractivity contribution in [2.45, 2.75) is 19.3 Å². The van der Waals surface area contributed by atoms with E-state index >= 15 is 0 Å². The summed E-state index contributed by atoms with van der Waals surface area (Å²) in [5.41, 5.74) is -1.20. The summed E-state index contributed by atoms with van der Waals surface area (Å²) in [6.45, 7) is -0.130. The zero-order valence-electron chi connectivity index (χ0n) is 10.6. The van der Waals surface area contributed by atoms with Crippen LogP contribution in [0.5, 0.6) is 0 Å². The van der Waals surface area contributed by atoms with Crippen molar-refractivity contribution in [2.24, 2.45) is 0 Å². The Morgan fingerprint density at radius 1 is 1.00 bits per heavy atom. The minimum atomic E-state index is -4.64. The van der Waals surface area contributed by atoms with Crippen LogP contribution in [0.2, 0.25) is 0 Å². The first kappa shape index (κ1) is 15.3. The molecule has 0 radical (unpaired) electrons. The molecule has 2 rings (SSSR count). The van der Waals surface area contributed by atoms with E-state index in [2.05, 4.69) is 15.3 Å². The lowest BCUT2D eigenvalue weighted by atomic mass is 10.2. The average molecular weight is 303 g/mol. The highest BCUT2D eigenvalue weighted by molar-refractivity contribution is 5.19. The fraction of sp³-hybridized carbons (Fsp3) is 0.231. The van der Waals surface area contributed by atoms with Crippen LogP contribution in [-0.4, -0.2) is 9.97 Å². The van der Waals surface area contributed by atoms with Gasteiger partial charge in [0.15, 0.2) is 0 Å². The number of alkyl halides is 3. The molecule has 0 aliphatic carbocycles. The Morgan fingerprint density at radius 3 is 2.24 bits per heavy atom. The molecule has 0 atom stereocenters. The molecule has 112 valence electrons.